The Morgan fingerprint density at radius 2 is 1.81 bits per heavy atom. The Kier molecular flexibility index (Phi) is 8.07. The highest BCUT2D eigenvalue weighted by Crippen LogP contribution is 2.16. The minimum atomic E-state index is -3.23. The third-order valence-electron chi connectivity index (χ3n) is 4.66. The largest absolute Gasteiger partial charge is 0.379 e. The van der Waals surface area contributed by atoms with Crippen molar-refractivity contribution in [1.82, 2.24) is 10.2 Å². The summed E-state index contributed by atoms with van der Waals surface area (Å²) < 4.78 is 29.1. The number of nitrogens with zero attached hydrogens (tertiary/aromatic N) is 1. The molecule has 7 nitrogen and oxygen atoms in total. The zero-order chi connectivity index (χ0) is 19.9. The lowest BCUT2D eigenvalue weighted by atomic mass is 10.0. The van der Waals surface area contributed by atoms with Crippen LogP contribution in [-0.2, 0) is 14.6 Å². The predicted octanol–water partition coefficient (Wildman–Crippen LogP) is 2.35. The van der Waals surface area contributed by atoms with Crippen LogP contribution in [0, 0.1) is 5.92 Å². The molecule has 1 aromatic rings. The third kappa shape index (κ3) is 6.79. The highest BCUT2D eigenvalue weighted by molar-refractivity contribution is 7.91. The molecule has 152 valence electrons. The molecule has 0 spiro atoms. The number of rotatable bonds is 8. The second kappa shape index (κ2) is 10.1. The lowest BCUT2D eigenvalue weighted by Crippen LogP contribution is -2.49. The summed E-state index contributed by atoms with van der Waals surface area (Å²) >= 11 is 0. The number of amides is 2. The van der Waals surface area contributed by atoms with Crippen molar-refractivity contribution < 1.29 is 17.9 Å². The molecule has 0 unspecified atom stereocenters. The van der Waals surface area contributed by atoms with Crippen LogP contribution < -0.4 is 10.6 Å². The summed E-state index contributed by atoms with van der Waals surface area (Å²) in [6.45, 7) is 9.76. The van der Waals surface area contributed by atoms with E-state index >= 15 is 0 Å². The summed E-state index contributed by atoms with van der Waals surface area (Å²) in [6, 6.07) is 6.23. The van der Waals surface area contributed by atoms with E-state index < -0.39 is 9.84 Å². The van der Waals surface area contributed by atoms with Gasteiger partial charge in [0.25, 0.3) is 0 Å². The average molecular weight is 398 g/mol. The zero-order valence-electron chi connectivity index (χ0n) is 16.4. The molecule has 1 heterocycles. The van der Waals surface area contributed by atoms with E-state index in [2.05, 4.69) is 29.4 Å². The van der Waals surface area contributed by atoms with Gasteiger partial charge in [0.05, 0.1) is 23.9 Å². The van der Waals surface area contributed by atoms with E-state index in [1.54, 1.807) is 19.1 Å². The van der Waals surface area contributed by atoms with Gasteiger partial charge in [0.15, 0.2) is 9.84 Å². The van der Waals surface area contributed by atoms with E-state index in [0.29, 0.717) is 18.2 Å². The first-order valence-corrected chi connectivity index (χ1v) is 11.2. The van der Waals surface area contributed by atoms with Gasteiger partial charge >= 0.3 is 6.03 Å². The van der Waals surface area contributed by atoms with Crippen LogP contribution in [0.1, 0.15) is 27.2 Å². The fourth-order valence-electron chi connectivity index (χ4n) is 3.15. The number of nitrogens with one attached hydrogen (secondary N) is 2. The summed E-state index contributed by atoms with van der Waals surface area (Å²) in [5.41, 5.74) is 0.564. The first-order valence-electron chi connectivity index (χ1n) is 9.51. The predicted molar refractivity (Wildman–Crippen MR) is 107 cm³/mol. The van der Waals surface area contributed by atoms with E-state index in [-0.39, 0.29) is 22.7 Å². The van der Waals surface area contributed by atoms with E-state index in [9.17, 15) is 13.2 Å². The molecule has 0 radical (unpaired) electrons. The number of carbonyl (C=O) groups is 1. The number of sulfone groups is 1. The van der Waals surface area contributed by atoms with Crippen molar-refractivity contribution in [2.45, 2.75) is 38.1 Å². The number of benzene rings is 1. The minimum Gasteiger partial charge on any atom is -0.379 e. The molecule has 2 amide bonds. The molecule has 1 aliphatic rings. The second-order valence-corrected chi connectivity index (χ2v) is 9.47. The molecule has 27 heavy (non-hydrogen) atoms. The molecule has 0 aliphatic carbocycles. The van der Waals surface area contributed by atoms with Gasteiger partial charge in [-0.3, -0.25) is 4.90 Å². The van der Waals surface area contributed by atoms with Gasteiger partial charge in [-0.05, 0) is 36.6 Å². The van der Waals surface area contributed by atoms with Crippen LogP contribution in [0.2, 0.25) is 0 Å². The van der Waals surface area contributed by atoms with Crippen molar-refractivity contribution in [3.8, 4) is 0 Å². The monoisotopic (exact) mass is 397 g/mol. The Morgan fingerprint density at radius 1 is 1.19 bits per heavy atom. The number of urea groups is 1. The van der Waals surface area contributed by atoms with E-state index in [1.807, 2.05) is 0 Å². The number of morpholine rings is 1. The quantitative estimate of drug-likeness (QED) is 0.703. The molecule has 0 saturated carbocycles. The third-order valence-corrected chi connectivity index (χ3v) is 6.41. The lowest BCUT2D eigenvalue weighted by Gasteiger charge is -2.35. The number of hydrogen-bond acceptors (Lipinski definition) is 5. The minimum absolute atomic E-state index is 0.0546. The van der Waals surface area contributed by atoms with Crippen molar-refractivity contribution in [3.63, 3.8) is 0 Å². The summed E-state index contributed by atoms with van der Waals surface area (Å²) in [6.07, 6.45) is 1.00. The van der Waals surface area contributed by atoms with Crippen LogP contribution >= 0.6 is 0 Å². The normalized spacial score (nSPS) is 16.9. The molecule has 2 N–H and O–H groups in total. The zero-order valence-corrected chi connectivity index (χ0v) is 17.2. The van der Waals surface area contributed by atoms with Crippen molar-refractivity contribution in [3.05, 3.63) is 24.3 Å². The van der Waals surface area contributed by atoms with Crippen molar-refractivity contribution in [2.24, 2.45) is 5.92 Å². The molecule has 2 rings (SSSR count). The molecule has 8 heteroatoms. The van der Waals surface area contributed by atoms with Crippen LogP contribution in [0.3, 0.4) is 0 Å². The van der Waals surface area contributed by atoms with Crippen LogP contribution in [0.25, 0.3) is 0 Å². The summed E-state index contributed by atoms with van der Waals surface area (Å²) in [4.78, 5) is 14.9. The molecule has 1 aromatic carbocycles. The summed E-state index contributed by atoms with van der Waals surface area (Å²) in [7, 11) is -3.23. The first-order chi connectivity index (χ1) is 12.8. The molecular formula is C19H31N3O4S. The first kappa shape index (κ1) is 21.7. The number of hydrogen-bond donors (Lipinski definition) is 2. The second-order valence-electron chi connectivity index (χ2n) is 7.19. The fraction of sp³-hybridized carbons (Fsp3) is 0.632. The van der Waals surface area contributed by atoms with Crippen LogP contribution in [0.5, 0.6) is 0 Å². The van der Waals surface area contributed by atoms with Gasteiger partial charge in [-0.15, -0.1) is 0 Å². The SMILES string of the molecule is CCS(=O)(=O)c1ccc(NC(=O)NC[C@@H](CC(C)C)N2CCOCC2)cc1. The smallest absolute Gasteiger partial charge is 0.319 e. The maximum absolute atomic E-state index is 12.2. The van der Waals surface area contributed by atoms with E-state index in [1.165, 1.54) is 12.1 Å². The van der Waals surface area contributed by atoms with Crippen molar-refractivity contribution >= 4 is 21.6 Å². The lowest BCUT2D eigenvalue weighted by molar-refractivity contribution is 0.0130. The number of carbonyl (C=O) groups excluding carboxylic acids is 1. The Balaban J connectivity index is 1.89. The Morgan fingerprint density at radius 3 is 2.37 bits per heavy atom. The van der Waals surface area contributed by atoms with E-state index in [0.717, 1.165) is 32.7 Å². The maximum Gasteiger partial charge on any atom is 0.319 e. The Bertz CT molecular complexity index is 698. The highest BCUT2D eigenvalue weighted by atomic mass is 32.2. The van der Waals surface area contributed by atoms with Gasteiger partial charge in [-0.1, -0.05) is 20.8 Å². The molecular weight excluding hydrogens is 366 g/mol. The Labute approximate surface area is 162 Å². The van der Waals surface area contributed by atoms with Gasteiger partial charge in [-0.2, -0.15) is 0 Å². The van der Waals surface area contributed by atoms with Gasteiger partial charge in [0.2, 0.25) is 0 Å². The molecule has 1 aliphatic heterocycles. The standard InChI is InChI=1S/C19H31N3O4S/c1-4-27(24,25)18-7-5-16(6-8-18)21-19(23)20-14-17(13-15(2)3)22-9-11-26-12-10-22/h5-8,15,17H,4,9-14H2,1-3H3,(H2,20,21,23)/t17-/m1/s1. The molecule has 1 saturated heterocycles. The molecule has 0 aromatic heterocycles. The Hall–Kier alpha value is -1.64. The maximum atomic E-state index is 12.2. The highest BCUT2D eigenvalue weighted by Gasteiger charge is 2.22. The van der Waals surface area contributed by atoms with Crippen molar-refractivity contribution in [1.29, 1.82) is 0 Å². The summed E-state index contributed by atoms with van der Waals surface area (Å²) in [5, 5.41) is 5.70. The average Bonchev–Trinajstić information content (AvgIpc) is 2.66. The van der Waals surface area contributed by atoms with Gasteiger partial charge in [0.1, 0.15) is 0 Å². The molecule has 1 atom stereocenters. The summed E-state index contributed by atoms with van der Waals surface area (Å²) in [5.74, 6) is 0.592. The number of ether oxygens (including phenoxy) is 1. The number of anilines is 1. The fourth-order valence-corrected chi connectivity index (χ4v) is 4.03. The molecule has 0 bridgehead atoms. The van der Waals surface area contributed by atoms with Gasteiger partial charge < -0.3 is 15.4 Å². The van der Waals surface area contributed by atoms with Crippen LogP contribution in [0.15, 0.2) is 29.2 Å². The van der Waals surface area contributed by atoms with Crippen molar-refractivity contribution in [2.75, 3.05) is 43.9 Å². The van der Waals surface area contributed by atoms with Crippen LogP contribution in [0.4, 0.5) is 10.5 Å². The van der Waals surface area contributed by atoms with Crippen LogP contribution in [-0.4, -0.2) is 64.0 Å². The molecule has 1 fully saturated rings. The van der Waals surface area contributed by atoms with Gasteiger partial charge in [0, 0.05) is 31.4 Å². The van der Waals surface area contributed by atoms with E-state index in [4.69, 9.17) is 4.74 Å². The van der Waals surface area contributed by atoms with Gasteiger partial charge in [-0.25, -0.2) is 13.2 Å². The topological polar surface area (TPSA) is 87.7 Å².